The van der Waals surface area contributed by atoms with Crippen LogP contribution in [0.25, 0.3) is 0 Å². The number of carbonyl (C=O) groups is 1. The van der Waals surface area contributed by atoms with E-state index in [0.29, 0.717) is 6.04 Å². The van der Waals surface area contributed by atoms with E-state index in [4.69, 9.17) is 0 Å². The molecule has 100 valence electrons. The summed E-state index contributed by atoms with van der Waals surface area (Å²) in [5.74, 6) is 0.166. The van der Waals surface area contributed by atoms with Gasteiger partial charge in [-0.3, -0.25) is 4.79 Å². The molecule has 1 aliphatic heterocycles. The normalized spacial score (nSPS) is 19.3. The third-order valence-electron chi connectivity index (χ3n) is 3.28. The van der Waals surface area contributed by atoms with E-state index in [1.807, 2.05) is 36.9 Å². The van der Waals surface area contributed by atoms with Crippen molar-refractivity contribution < 1.29 is 4.79 Å². The SMILES string of the molecule is Cc1ccc(C)c(C(=O)N2CCN[C@@H](C)C2)c1.Cl. The van der Waals surface area contributed by atoms with Crippen molar-refractivity contribution in [3.8, 4) is 0 Å². The quantitative estimate of drug-likeness (QED) is 0.847. The van der Waals surface area contributed by atoms with Gasteiger partial charge in [-0.05, 0) is 32.4 Å². The van der Waals surface area contributed by atoms with Crippen molar-refractivity contribution >= 4 is 18.3 Å². The molecule has 18 heavy (non-hydrogen) atoms. The Morgan fingerprint density at radius 3 is 2.78 bits per heavy atom. The van der Waals surface area contributed by atoms with E-state index in [0.717, 1.165) is 36.3 Å². The molecule has 1 N–H and O–H groups in total. The molecule has 0 radical (unpaired) electrons. The number of nitrogens with one attached hydrogen (secondary N) is 1. The van der Waals surface area contributed by atoms with Gasteiger partial charge in [0.25, 0.3) is 5.91 Å². The van der Waals surface area contributed by atoms with Gasteiger partial charge in [0, 0.05) is 31.2 Å². The fraction of sp³-hybridized carbons (Fsp3) is 0.500. The fourth-order valence-electron chi connectivity index (χ4n) is 2.25. The van der Waals surface area contributed by atoms with Crippen molar-refractivity contribution in [3.63, 3.8) is 0 Å². The first-order valence-corrected chi connectivity index (χ1v) is 6.18. The maximum atomic E-state index is 12.4. The van der Waals surface area contributed by atoms with Gasteiger partial charge >= 0.3 is 0 Å². The van der Waals surface area contributed by atoms with Gasteiger partial charge in [-0.15, -0.1) is 12.4 Å². The van der Waals surface area contributed by atoms with Crippen LogP contribution in [0.15, 0.2) is 18.2 Å². The van der Waals surface area contributed by atoms with Crippen LogP contribution in [0, 0.1) is 13.8 Å². The first-order valence-electron chi connectivity index (χ1n) is 6.18. The third-order valence-corrected chi connectivity index (χ3v) is 3.28. The first kappa shape index (κ1) is 15.0. The number of benzene rings is 1. The average Bonchev–Trinajstić information content (AvgIpc) is 2.31. The Hall–Kier alpha value is -1.06. The van der Waals surface area contributed by atoms with Crippen molar-refractivity contribution in [2.24, 2.45) is 0 Å². The van der Waals surface area contributed by atoms with Gasteiger partial charge in [-0.2, -0.15) is 0 Å². The molecule has 1 saturated heterocycles. The number of halogens is 1. The lowest BCUT2D eigenvalue weighted by molar-refractivity contribution is 0.0708. The Morgan fingerprint density at radius 2 is 2.11 bits per heavy atom. The lowest BCUT2D eigenvalue weighted by Crippen LogP contribution is -2.51. The lowest BCUT2D eigenvalue weighted by Gasteiger charge is -2.32. The predicted octanol–water partition coefficient (Wildman–Crippen LogP) is 2.16. The van der Waals surface area contributed by atoms with E-state index in [1.54, 1.807) is 0 Å². The van der Waals surface area contributed by atoms with E-state index < -0.39 is 0 Å². The Labute approximate surface area is 115 Å². The Bertz CT molecular complexity index is 434. The van der Waals surface area contributed by atoms with E-state index in [1.165, 1.54) is 0 Å². The number of hydrogen-bond donors (Lipinski definition) is 1. The number of carbonyl (C=O) groups excluding carboxylic acids is 1. The van der Waals surface area contributed by atoms with Crippen molar-refractivity contribution in [1.29, 1.82) is 0 Å². The number of piperazine rings is 1. The van der Waals surface area contributed by atoms with Crippen LogP contribution in [0.3, 0.4) is 0 Å². The van der Waals surface area contributed by atoms with E-state index in [2.05, 4.69) is 12.2 Å². The van der Waals surface area contributed by atoms with Crippen LogP contribution >= 0.6 is 12.4 Å². The molecule has 0 spiro atoms. The molecule has 2 rings (SSSR count). The third kappa shape index (κ3) is 3.24. The molecule has 1 aromatic rings. The van der Waals surface area contributed by atoms with Crippen LogP contribution in [-0.2, 0) is 0 Å². The zero-order valence-electron chi connectivity index (χ0n) is 11.2. The van der Waals surface area contributed by atoms with Crippen LogP contribution in [-0.4, -0.2) is 36.5 Å². The van der Waals surface area contributed by atoms with Gasteiger partial charge in [-0.1, -0.05) is 17.7 Å². The highest BCUT2D eigenvalue weighted by Crippen LogP contribution is 2.14. The maximum absolute atomic E-state index is 12.4. The van der Waals surface area contributed by atoms with Gasteiger partial charge in [-0.25, -0.2) is 0 Å². The van der Waals surface area contributed by atoms with Crippen molar-refractivity contribution in [1.82, 2.24) is 10.2 Å². The van der Waals surface area contributed by atoms with Crippen LogP contribution in [0.4, 0.5) is 0 Å². The molecule has 0 aromatic heterocycles. The van der Waals surface area contributed by atoms with Crippen LogP contribution in [0.1, 0.15) is 28.4 Å². The van der Waals surface area contributed by atoms with Crippen LogP contribution < -0.4 is 5.32 Å². The highest BCUT2D eigenvalue weighted by molar-refractivity contribution is 5.96. The Balaban J connectivity index is 0.00000162. The lowest BCUT2D eigenvalue weighted by atomic mass is 10.0. The average molecular weight is 269 g/mol. The molecule has 0 saturated carbocycles. The smallest absolute Gasteiger partial charge is 0.254 e. The van der Waals surface area contributed by atoms with E-state index >= 15 is 0 Å². The number of nitrogens with zero attached hydrogens (tertiary/aromatic N) is 1. The van der Waals surface area contributed by atoms with Crippen LogP contribution in [0.5, 0.6) is 0 Å². The first-order chi connectivity index (χ1) is 8.08. The molecule has 4 heteroatoms. The summed E-state index contributed by atoms with van der Waals surface area (Å²) < 4.78 is 0. The standard InChI is InChI=1S/C14H20N2O.ClH/c1-10-4-5-11(2)13(8-10)14(17)16-7-6-15-12(3)9-16;/h4-5,8,12,15H,6-7,9H2,1-3H3;1H/t12-;/m0./s1. The molecule has 1 aliphatic rings. The molecule has 0 unspecified atom stereocenters. The van der Waals surface area contributed by atoms with Gasteiger partial charge in [0.15, 0.2) is 0 Å². The molecule has 3 nitrogen and oxygen atoms in total. The summed E-state index contributed by atoms with van der Waals surface area (Å²) in [6, 6.07) is 6.45. The minimum atomic E-state index is 0. The van der Waals surface area contributed by atoms with Gasteiger partial charge in [0.2, 0.25) is 0 Å². The zero-order valence-corrected chi connectivity index (χ0v) is 12.0. The molecule has 0 bridgehead atoms. The number of aryl methyl sites for hydroxylation is 2. The number of hydrogen-bond acceptors (Lipinski definition) is 2. The molecule has 1 heterocycles. The molecular formula is C14H21ClN2O. The highest BCUT2D eigenvalue weighted by Gasteiger charge is 2.22. The van der Waals surface area contributed by atoms with E-state index in [-0.39, 0.29) is 18.3 Å². The van der Waals surface area contributed by atoms with Crippen molar-refractivity contribution in [2.45, 2.75) is 26.8 Å². The largest absolute Gasteiger partial charge is 0.336 e. The van der Waals surface area contributed by atoms with Crippen molar-refractivity contribution in [2.75, 3.05) is 19.6 Å². The topological polar surface area (TPSA) is 32.3 Å². The maximum Gasteiger partial charge on any atom is 0.254 e. The summed E-state index contributed by atoms with van der Waals surface area (Å²) >= 11 is 0. The van der Waals surface area contributed by atoms with Crippen LogP contribution in [0.2, 0.25) is 0 Å². The molecular weight excluding hydrogens is 248 g/mol. The summed E-state index contributed by atoms with van der Waals surface area (Å²) in [5, 5.41) is 3.35. The van der Waals surface area contributed by atoms with Gasteiger partial charge in [0.1, 0.15) is 0 Å². The monoisotopic (exact) mass is 268 g/mol. The highest BCUT2D eigenvalue weighted by atomic mass is 35.5. The van der Waals surface area contributed by atoms with Gasteiger partial charge in [0.05, 0.1) is 0 Å². The summed E-state index contributed by atoms with van der Waals surface area (Å²) in [7, 11) is 0. The summed E-state index contributed by atoms with van der Waals surface area (Å²) in [6.45, 7) is 8.62. The van der Waals surface area contributed by atoms with Crippen molar-refractivity contribution in [3.05, 3.63) is 34.9 Å². The zero-order chi connectivity index (χ0) is 12.4. The summed E-state index contributed by atoms with van der Waals surface area (Å²) in [6.07, 6.45) is 0. The second-order valence-corrected chi connectivity index (χ2v) is 4.92. The second-order valence-electron chi connectivity index (χ2n) is 4.92. The molecule has 1 amide bonds. The minimum Gasteiger partial charge on any atom is -0.336 e. The molecule has 1 aromatic carbocycles. The second kappa shape index (κ2) is 6.21. The predicted molar refractivity (Wildman–Crippen MR) is 76.5 cm³/mol. The summed E-state index contributed by atoms with van der Waals surface area (Å²) in [5.41, 5.74) is 3.05. The molecule has 1 fully saturated rings. The number of rotatable bonds is 1. The molecule has 1 atom stereocenters. The van der Waals surface area contributed by atoms with Gasteiger partial charge < -0.3 is 10.2 Å². The minimum absolute atomic E-state index is 0. The number of amides is 1. The Kier molecular flexibility index (Phi) is 5.17. The summed E-state index contributed by atoms with van der Waals surface area (Å²) in [4.78, 5) is 14.4. The fourth-order valence-corrected chi connectivity index (χ4v) is 2.25. The Morgan fingerprint density at radius 1 is 1.39 bits per heavy atom. The van der Waals surface area contributed by atoms with E-state index in [9.17, 15) is 4.79 Å². The molecule has 0 aliphatic carbocycles.